The monoisotopic (exact) mass is 468 g/mol. The second-order valence-corrected chi connectivity index (χ2v) is 9.06. The fourth-order valence-corrected chi connectivity index (χ4v) is 5.01. The van der Waals surface area contributed by atoms with E-state index in [2.05, 4.69) is 6.92 Å². The van der Waals surface area contributed by atoms with Gasteiger partial charge in [0.25, 0.3) is 6.43 Å². The second-order valence-electron chi connectivity index (χ2n) is 9.06. The summed E-state index contributed by atoms with van der Waals surface area (Å²) in [4.78, 5) is 0. The second kappa shape index (κ2) is 11.8. The summed E-state index contributed by atoms with van der Waals surface area (Å²) in [5.41, 5.74) is -1.40. The topological polar surface area (TPSA) is 9.23 Å². The molecule has 0 bridgehead atoms. The predicted molar refractivity (Wildman–Crippen MR) is 121 cm³/mol. The number of benzene rings is 2. The Morgan fingerprint density at radius 2 is 1.42 bits per heavy atom. The molecular weight excluding hydrogens is 435 g/mol. The molecule has 1 aliphatic carbocycles. The average Bonchev–Trinajstić information content (AvgIpc) is 2.80. The number of alkyl halides is 2. The first-order chi connectivity index (χ1) is 15.9. The maximum Gasteiger partial charge on any atom is 0.266 e. The van der Waals surface area contributed by atoms with Crippen LogP contribution < -0.4 is 4.74 Å². The third kappa shape index (κ3) is 6.07. The van der Waals surface area contributed by atoms with Gasteiger partial charge in [0.15, 0.2) is 11.6 Å². The number of aryl methyl sites for hydroxylation is 1. The van der Waals surface area contributed by atoms with E-state index >= 15 is 0 Å². The van der Waals surface area contributed by atoms with Gasteiger partial charge >= 0.3 is 0 Å². The first-order valence-corrected chi connectivity index (χ1v) is 12.1. The van der Waals surface area contributed by atoms with E-state index in [-0.39, 0.29) is 29.9 Å². The number of ether oxygens (including phenoxy) is 1. The molecule has 1 fully saturated rings. The molecule has 2 aromatic carbocycles. The fourth-order valence-electron chi connectivity index (χ4n) is 5.01. The molecule has 3 rings (SSSR count). The number of halogens is 5. The number of hydrogen-bond donors (Lipinski definition) is 0. The van der Waals surface area contributed by atoms with Crippen LogP contribution in [0.3, 0.4) is 0 Å². The van der Waals surface area contributed by atoms with E-state index in [0.29, 0.717) is 5.92 Å². The molecule has 0 saturated heterocycles. The summed E-state index contributed by atoms with van der Waals surface area (Å²) in [5.74, 6) is -2.50. The third-order valence-corrected chi connectivity index (χ3v) is 6.88. The Kier molecular flexibility index (Phi) is 9.16. The quantitative estimate of drug-likeness (QED) is 0.250. The van der Waals surface area contributed by atoms with E-state index in [9.17, 15) is 22.0 Å². The van der Waals surface area contributed by atoms with E-state index in [1.165, 1.54) is 62.8 Å². The van der Waals surface area contributed by atoms with Gasteiger partial charge in [-0.1, -0.05) is 64.5 Å². The molecule has 1 nitrogen and oxygen atoms in total. The van der Waals surface area contributed by atoms with Crippen molar-refractivity contribution in [2.45, 2.75) is 78.1 Å². The molecule has 0 unspecified atom stereocenters. The Morgan fingerprint density at radius 3 is 2.03 bits per heavy atom. The van der Waals surface area contributed by atoms with E-state index in [1.807, 2.05) is 0 Å². The minimum atomic E-state index is -3.04. The predicted octanol–water partition coefficient (Wildman–Crippen LogP) is 9.04. The zero-order chi connectivity index (χ0) is 24.0. The van der Waals surface area contributed by atoms with Crippen molar-refractivity contribution in [1.82, 2.24) is 0 Å². The van der Waals surface area contributed by atoms with Gasteiger partial charge in [0, 0.05) is 11.1 Å². The molecule has 2 aromatic rings. The molecular formula is C27H33F5O. The molecule has 0 spiro atoms. The number of rotatable bonds is 10. The van der Waals surface area contributed by atoms with Gasteiger partial charge < -0.3 is 4.74 Å². The molecule has 0 radical (unpaired) electrons. The lowest BCUT2D eigenvalue weighted by Crippen LogP contribution is -2.15. The summed E-state index contributed by atoms with van der Waals surface area (Å²) in [6, 6.07) is 4.96. The van der Waals surface area contributed by atoms with E-state index in [1.54, 1.807) is 6.92 Å². The van der Waals surface area contributed by atoms with Gasteiger partial charge in [0.2, 0.25) is 5.82 Å². The summed E-state index contributed by atoms with van der Waals surface area (Å²) < 4.78 is 76.3. The van der Waals surface area contributed by atoms with E-state index < -0.39 is 35.0 Å². The molecule has 0 amide bonds. The van der Waals surface area contributed by atoms with Crippen LogP contribution in [0, 0.1) is 29.3 Å². The zero-order valence-electron chi connectivity index (χ0n) is 19.4. The highest BCUT2D eigenvalue weighted by Gasteiger charge is 2.25. The van der Waals surface area contributed by atoms with Gasteiger partial charge in [0.1, 0.15) is 5.82 Å². The van der Waals surface area contributed by atoms with Gasteiger partial charge in [-0.15, -0.1) is 0 Å². The normalized spacial score (nSPS) is 18.7. The van der Waals surface area contributed by atoms with E-state index in [4.69, 9.17) is 4.74 Å². The maximum absolute atomic E-state index is 14.8. The highest BCUT2D eigenvalue weighted by molar-refractivity contribution is 5.68. The lowest BCUT2D eigenvalue weighted by atomic mass is 9.78. The summed E-state index contributed by atoms with van der Waals surface area (Å²) in [7, 11) is 0. The van der Waals surface area contributed by atoms with Crippen LogP contribution in [0.1, 0.15) is 82.8 Å². The van der Waals surface area contributed by atoms with Gasteiger partial charge in [-0.05, 0) is 48.8 Å². The van der Waals surface area contributed by atoms with Crippen molar-refractivity contribution in [1.29, 1.82) is 0 Å². The Hall–Kier alpha value is -2.11. The molecule has 182 valence electrons. The molecule has 0 N–H and O–H groups in total. The third-order valence-electron chi connectivity index (χ3n) is 6.88. The Labute approximate surface area is 193 Å². The molecule has 33 heavy (non-hydrogen) atoms. The van der Waals surface area contributed by atoms with Crippen molar-refractivity contribution >= 4 is 0 Å². The van der Waals surface area contributed by atoms with Crippen LogP contribution >= 0.6 is 0 Å². The SMILES string of the molecule is CCCC1CCC(CCCOc2ccc(-c3ccc(CC)c(C(F)F)c3F)c(F)c2F)CC1. The van der Waals surface area contributed by atoms with Crippen LogP contribution in [0.25, 0.3) is 11.1 Å². The van der Waals surface area contributed by atoms with Gasteiger partial charge in [-0.3, -0.25) is 0 Å². The first-order valence-electron chi connectivity index (χ1n) is 12.1. The van der Waals surface area contributed by atoms with Crippen molar-refractivity contribution in [3.8, 4) is 16.9 Å². The largest absolute Gasteiger partial charge is 0.490 e. The Morgan fingerprint density at radius 1 is 0.818 bits per heavy atom. The average molecular weight is 469 g/mol. The summed E-state index contributed by atoms with van der Waals surface area (Å²) in [6.07, 6.45) is 6.40. The highest BCUT2D eigenvalue weighted by atomic mass is 19.3. The lowest BCUT2D eigenvalue weighted by molar-refractivity contribution is 0.145. The van der Waals surface area contributed by atoms with Crippen molar-refractivity contribution < 1.29 is 26.7 Å². The molecule has 0 atom stereocenters. The van der Waals surface area contributed by atoms with Gasteiger partial charge in [-0.25, -0.2) is 17.6 Å². The zero-order valence-corrected chi connectivity index (χ0v) is 19.4. The van der Waals surface area contributed by atoms with Gasteiger partial charge in [0.05, 0.1) is 12.2 Å². The molecule has 6 heteroatoms. The van der Waals surface area contributed by atoms with Crippen LogP contribution in [0.2, 0.25) is 0 Å². The van der Waals surface area contributed by atoms with Crippen LogP contribution in [0.5, 0.6) is 5.75 Å². The fraction of sp³-hybridized carbons (Fsp3) is 0.556. The minimum absolute atomic E-state index is 0.144. The minimum Gasteiger partial charge on any atom is -0.490 e. The molecule has 0 aromatic heterocycles. The lowest BCUT2D eigenvalue weighted by Gasteiger charge is -2.28. The standard InChI is InChI=1S/C27H33F5O/c1-3-6-17-8-10-18(11-9-17)7-5-16-33-22-15-14-21(25(29)26(22)30)20-13-12-19(4-2)23(24(20)28)27(31)32/h12-15,17-18,27H,3-11,16H2,1-2H3. The van der Waals surface area contributed by atoms with Crippen molar-refractivity contribution in [2.75, 3.05) is 6.61 Å². The van der Waals surface area contributed by atoms with Crippen molar-refractivity contribution in [2.24, 2.45) is 11.8 Å². The Bertz CT molecular complexity index is 919. The maximum atomic E-state index is 14.8. The van der Waals surface area contributed by atoms with Crippen LogP contribution in [0.15, 0.2) is 24.3 Å². The van der Waals surface area contributed by atoms with Crippen molar-refractivity contribution in [3.63, 3.8) is 0 Å². The molecule has 1 saturated carbocycles. The Balaban J connectivity index is 1.63. The smallest absolute Gasteiger partial charge is 0.266 e. The van der Waals surface area contributed by atoms with E-state index in [0.717, 1.165) is 18.8 Å². The molecule has 1 aliphatic rings. The van der Waals surface area contributed by atoms with Crippen LogP contribution in [0.4, 0.5) is 22.0 Å². The highest BCUT2D eigenvalue weighted by Crippen LogP contribution is 2.37. The summed E-state index contributed by atoms with van der Waals surface area (Å²) >= 11 is 0. The number of hydrogen-bond acceptors (Lipinski definition) is 1. The van der Waals surface area contributed by atoms with Crippen LogP contribution in [-0.4, -0.2) is 6.61 Å². The molecule has 0 aliphatic heterocycles. The van der Waals surface area contributed by atoms with Gasteiger partial charge in [-0.2, -0.15) is 4.39 Å². The molecule has 0 heterocycles. The van der Waals surface area contributed by atoms with Crippen molar-refractivity contribution in [3.05, 3.63) is 52.8 Å². The summed E-state index contributed by atoms with van der Waals surface area (Å²) in [5, 5.41) is 0. The first kappa shape index (κ1) is 25.5. The van der Waals surface area contributed by atoms with Crippen LogP contribution in [-0.2, 0) is 6.42 Å². The summed E-state index contributed by atoms with van der Waals surface area (Å²) in [6.45, 7) is 4.11.